The number of para-hydroxylation sites is 1. The van der Waals surface area contributed by atoms with E-state index in [2.05, 4.69) is 26.7 Å². The lowest BCUT2D eigenvalue weighted by atomic mass is 10.1. The van der Waals surface area contributed by atoms with E-state index >= 15 is 0 Å². The summed E-state index contributed by atoms with van der Waals surface area (Å²) < 4.78 is 10.1. The van der Waals surface area contributed by atoms with Crippen LogP contribution in [0.15, 0.2) is 54.6 Å². The summed E-state index contributed by atoms with van der Waals surface area (Å²) >= 11 is 0. The first-order valence-corrected chi connectivity index (χ1v) is 9.26. The minimum atomic E-state index is -0.407. The van der Waals surface area contributed by atoms with Gasteiger partial charge in [0.05, 0.1) is 25.5 Å². The predicted octanol–water partition coefficient (Wildman–Crippen LogP) is 3.98. The highest BCUT2D eigenvalue weighted by atomic mass is 16.5. The molecule has 3 aromatic rings. The van der Waals surface area contributed by atoms with E-state index in [0.29, 0.717) is 35.3 Å². The van der Waals surface area contributed by atoms with E-state index in [1.54, 1.807) is 25.3 Å². The summed E-state index contributed by atoms with van der Waals surface area (Å²) in [7, 11) is 3.02. The summed E-state index contributed by atoms with van der Waals surface area (Å²) in [4.78, 5) is 20.8. The van der Waals surface area contributed by atoms with Crippen molar-refractivity contribution in [2.75, 3.05) is 31.4 Å². The molecule has 29 heavy (non-hydrogen) atoms. The normalized spacial score (nSPS) is 10.3. The van der Waals surface area contributed by atoms with Gasteiger partial charge in [-0.25, -0.2) is 14.8 Å². The highest BCUT2D eigenvalue weighted by Gasteiger charge is 2.12. The predicted molar refractivity (Wildman–Crippen MR) is 113 cm³/mol. The molecular weight excluding hydrogens is 368 g/mol. The number of benzene rings is 2. The smallest absolute Gasteiger partial charge is 0.339 e. The molecule has 3 rings (SSSR count). The summed E-state index contributed by atoms with van der Waals surface area (Å²) in [6.07, 6.45) is 0.828. The van der Waals surface area contributed by atoms with E-state index in [9.17, 15) is 4.79 Å². The van der Waals surface area contributed by atoms with Gasteiger partial charge in [0.15, 0.2) is 0 Å². The number of aromatic nitrogens is 2. The molecule has 0 saturated heterocycles. The largest absolute Gasteiger partial charge is 0.497 e. The Labute approximate surface area is 170 Å². The Hall–Kier alpha value is -3.61. The molecule has 150 valence electrons. The maximum atomic E-state index is 12.0. The molecule has 0 aliphatic heterocycles. The Kier molecular flexibility index (Phi) is 6.63. The van der Waals surface area contributed by atoms with Crippen molar-refractivity contribution in [3.63, 3.8) is 0 Å². The number of rotatable bonds is 8. The van der Waals surface area contributed by atoms with Crippen LogP contribution in [-0.2, 0) is 11.2 Å². The Morgan fingerprint density at radius 3 is 2.59 bits per heavy atom. The fourth-order valence-electron chi connectivity index (χ4n) is 2.90. The number of nitrogens with one attached hydrogen (secondary N) is 2. The van der Waals surface area contributed by atoms with Crippen LogP contribution in [0.4, 0.5) is 17.3 Å². The average molecular weight is 392 g/mol. The van der Waals surface area contributed by atoms with Gasteiger partial charge in [-0.05, 0) is 43.2 Å². The van der Waals surface area contributed by atoms with E-state index in [1.165, 1.54) is 12.7 Å². The van der Waals surface area contributed by atoms with Gasteiger partial charge in [0.1, 0.15) is 23.2 Å². The first-order chi connectivity index (χ1) is 14.1. The summed E-state index contributed by atoms with van der Waals surface area (Å²) in [5, 5.41) is 6.51. The van der Waals surface area contributed by atoms with Gasteiger partial charge in [-0.2, -0.15) is 0 Å². The molecule has 2 N–H and O–H groups in total. The van der Waals surface area contributed by atoms with Crippen LogP contribution in [-0.4, -0.2) is 36.7 Å². The van der Waals surface area contributed by atoms with E-state index in [0.717, 1.165) is 12.2 Å². The van der Waals surface area contributed by atoms with Crippen molar-refractivity contribution < 1.29 is 14.3 Å². The Bertz CT molecular complexity index is 991. The van der Waals surface area contributed by atoms with Crippen molar-refractivity contribution in [2.24, 2.45) is 0 Å². The van der Waals surface area contributed by atoms with Crippen LogP contribution >= 0.6 is 0 Å². The second-order valence-corrected chi connectivity index (χ2v) is 6.38. The zero-order valence-electron chi connectivity index (χ0n) is 16.7. The maximum Gasteiger partial charge on any atom is 0.339 e. The Balaban J connectivity index is 1.69. The second kappa shape index (κ2) is 9.54. The SMILES string of the molecule is COC(=O)c1ccccc1Nc1cc(NCCc2cccc(OC)c2)nc(C)n1. The number of carbonyl (C=O) groups is 1. The van der Waals surface area contributed by atoms with Crippen molar-refractivity contribution in [3.05, 3.63) is 71.5 Å². The number of methoxy groups -OCH3 is 2. The van der Waals surface area contributed by atoms with Gasteiger partial charge in [0, 0.05) is 12.6 Å². The zero-order valence-corrected chi connectivity index (χ0v) is 16.7. The molecule has 7 nitrogen and oxygen atoms in total. The van der Waals surface area contributed by atoms with Gasteiger partial charge in [-0.15, -0.1) is 0 Å². The van der Waals surface area contributed by atoms with Crippen LogP contribution in [0, 0.1) is 6.92 Å². The molecule has 1 aromatic heterocycles. The number of hydrogen-bond acceptors (Lipinski definition) is 7. The number of nitrogens with zero attached hydrogens (tertiary/aromatic N) is 2. The van der Waals surface area contributed by atoms with Gasteiger partial charge in [-0.1, -0.05) is 24.3 Å². The monoisotopic (exact) mass is 392 g/mol. The van der Waals surface area contributed by atoms with Crippen LogP contribution in [0.25, 0.3) is 0 Å². The molecule has 0 aliphatic rings. The topological polar surface area (TPSA) is 85.4 Å². The van der Waals surface area contributed by atoms with Crippen LogP contribution in [0.3, 0.4) is 0 Å². The molecule has 0 saturated carbocycles. The van der Waals surface area contributed by atoms with E-state index in [-0.39, 0.29) is 0 Å². The highest BCUT2D eigenvalue weighted by Crippen LogP contribution is 2.22. The molecule has 2 aromatic carbocycles. The molecule has 1 heterocycles. The lowest BCUT2D eigenvalue weighted by Crippen LogP contribution is -2.09. The van der Waals surface area contributed by atoms with Gasteiger partial charge in [-0.3, -0.25) is 0 Å². The third kappa shape index (κ3) is 5.44. The van der Waals surface area contributed by atoms with Crippen LogP contribution in [0.1, 0.15) is 21.7 Å². The molecule has 0 unspecified atom stereocenters. The molecule has 0 radical (unpaired) electrons. The summed E-state index contributed by atoms with van der Waals surface area (Å²) in [5.41, 5.74) is 2.24. The van der Waals surface area contributed by atoms with E-state index in [4.69, 9.17) is 9.47 Å². The van der Waals surface area contributed by atoms with E-state index in [1.807, 2.05) is 37.3 Å². The standard InChI is InChI=1S/C22H24N4O3/c1-15-24-20(23-12-11-16-7-6-8-17(13-16)28-2)14-21(25-15)26-19-10-5-4-9-18(19)22(27)29-3/h4-10,13-14H,11-12H2,1-3H3,(H2,23,24,25,26). The van der Waals surface area contributed by atoms with Crippen molar-refractivity contribution in [3.8, 4) is 5.75 Å². The number of hydrogen-bond donors (Lipinski definition) is 2. The molecular formula is C22H24N4O3. The second-order valence-electron chi connectivity index (χ2n) is 6.38. The highest BCUT2D eigenvalue weighted by molar-refractivity contribution is 5.96. The van der Waals surface area contributed by atoms with Crippen LogP contribution in [0.2, 0.25) is 0 Å². The summed E-state index contributed by atoms with van der Waals surface area (Å²) in [6.45, 7) is 2.53. The first kappa shape index (κ1) is 20.1. The van der Waals surface area contributed by atoms with Crippen LogP contribution < -0.4 is 15.4 Å². The number of anilines is 3. The number of carbonyl (C=O) groups excluding carboxylic acids is 1. The molecule has 0 fully saturated rings. The molecule has 0 spiro atoms. The Morgan fingerprint density at radius 2 is 1.79 bits per heavy atom. The zero-order chi connectivity index (χ0) is 20.6. The summed E-state index contributed by atoms with van der Waals surface area (Å²) in [6, 6.07) is 16.9. The van der Waals surface area contributed by atoms with Crippen molar-refractivity contribution in [1.82, 2.24) is 9.97 Å². The lowest BCUT2D eigenvalue weighted by molar-refractivity contribution is 0.0602. The fraction of sp³-hybridized carbons (Fsp3) is 0.227. The van der Waals surface area contributed by atoms with Gasteiger partial charge in [0.25, 0.3) is 0 Å². The average Bonchev–Trinajstić information content (AvgIpc) is 2.73. The quantitative estimate of drug-likeness (QED) is 0.561. The first-order valence-electron chi connectivity index (χ1n) is 9.26. The molecule has 0 atom stereocenters. The van der Waals surface area contributed by atoms with Crippen molar-refractivity contribution >= 4 is 23.3 Å². The number of aryl methyl sites for hydroxylation is 1. The molecule has 0 amide bonds. The fourth-order valence-corrected chi connectivity index (χ4v) is 2.90. The van der Waals surface area contributed by atoms with Gasteiger partial charge < -0.3 is 20.1 Å². The molecule has 0 bridgehead atoms. The number of esters is 1. The third-order valence-corrected chi connectivity index (χ3v) is 4.29. The number of ether oxygens (including phenoxy) is 2. The maximum absolute atomic E-state index is 12.0. The molecule has 7 heteroatoms. The third-order valence-electron chi connectivity index (χ3n) is 4.29. The summed E-state index contributed by atoms with van der Waals surface area (Å²) in [5.74, 6) is 2.36. The van der Waals surface area contributed by atoms with Gasteiger partial charge in [0.2, 0.25) is 0 Å². The van der Waals surface area contributed by atoms with E-state index < -0.39 is 5.97 Å². The Morgan fingerprint density at radius 1 is 1.00 bits per heavy atom. The minimum Gasteiger partial charge on any atom is -0.497 e. The lowest BCUT2D eigenvalue weighted by Gasteiger charge is -2.12. The van der Waals surface area contributed by atoms with Crippen molar-refractivity contribution in [2.45, 2.75) is 13.3 Å². The van der Waals surface area contributed by atoms with Gasteiger partial charge >= 0.3 is 5.97 Å². The minimum absolute atomic E-state index is 0.407. The van der Waals surface area contributed by atoms with Crippen molar-refractivity contribution in [1.29, 1.82) is 0 Å². The molecule has 0 aliphatic carbocycles. The van der Waals surface area contributed by atoms with Crippen LogP contribution in [0.5, 0.6) is 5.75 Å².